The summed E-state index contributed by atoms with van der Waals surface area (Å²) in [5, 5.41) is 10.6. The summed E-state index contributed by atoms with van der Waals surface area (Å²) < 4.78 is 0. The number of carbonyl (C=O) groups is 1. The number of phenolic OH excluding ortho intramolecular Hbond substituents is 1. The fourth-order valence-corrected chi connectivity index (χ4v) is 3.56. The van der Waals surface area contributed by atoms with Crippen LogP contribution in [0.4, 0.5) is 0 Å². The molecule has 2 aliphatic rings. The molecule has 2 heterocycles. The number of likely N-dealkylation sites (tertiary alicyclic amines) is 1. The number of nitrogens with zero attached hydrogens (tertiary/aromatic N) is 3. The highest BCUT2D eigenvalue weighted by molar-refractivity contribution is 8.18. The number of hydrogen-bond acceptors (Lipinski definition) is 5. The van der Waals surface area contributed by atoms with Crippen molar-refractivity contribution in [1.82, 2.24) is 9.80 Å². The van der Waals surface area contributed by atoms with Gasteiger partial charge in [-0.2, -0.15) is 4.99 Å². The van der Waals surface area contributed by atoms with Gasteiger partial charge in [0.1, 0.15) is 5.75 Å². The molecule has 0 bridgehead atoms. The van der Waals surface area contributed by atoms with E-state index < -0.39 is 0 Å². The Balaban J connectivity index is 1.73. The number of aliphatic imine (C=N–C) groups is 1. The molecule has 6 heteroatoms. The number of para-hydroxylation sites is 1. The molecule has 1 fully saturated rings. The molecule has 22 heavy (non-hydrogen) atoms. The molecule has 1 N–H and O–H groups in total. The van der Waals surface area contributed by atoms with E-state index in [9.17, 15) is 9.90 Å². The Morgan fingerprint density at radius 2 is 2.18 bits per heavy atom. The molecule has 0 saturated carbocycles. The molecule has 1 aromatic rings. The molecule has 116 valence electrons. The number of amides is 1. The lowest BCUT2D eigenvalue weighted by Crippen LogP contribution is -2.33. The number of thioether (sulfide) groups is 1. The van der Waals surface area contributed by atoms with Gasteiger partial charge in [0.2, 0.25) is 0 Å². The largest absolute Gasteiger partial charge is 0.507 e. The molecule has 0 spiro atoms. The van der Waals surface area contributed by atoms with Crippen molar-refractivity contribution in [2.45, 2.75) is 12.5 Å². The first kappa shape index (κ1) is 15.1. The second-order valence-corrected chi connectivity index (χ2v) is 6.73. The van der Waals surface area contributed by atoms with Gasteiger partial charge in [-0.05, 0) is 44.4 Å². The van der Waals surface area contributed by atoms with Crippen molar-refractivity contribution in [3.05, 3.63) is 34.7 Å². The predicted octanol–water partition coefficient (Wildman–Crippen LogP) is 2.00. The fourth-order valence-electron chi connectivity index (χ4n) is 2.62. The Kier molecular flexibility index (Phi) is 4.22. The van der Waals surface area contributed by atoms with Crippen LogP contribution in [-0.4, -0.2) is 59.2 Å². The van der Waals surface area contributed by atoms with E-state index in [1.54, 1.807) is 24.3 Å². The molecule has 1 amide bonds. The number of rotatable bonds is 2. The topological polar surface area (TPSA) is 56.1 Å². The van der Waals surface area contributed by atoms with Gasteiger partial charge in [-0.3, -0.25) is 4.79 Å². The van der Waals surface area contributed by atoms with Crippen molar-refractivity contribution in [2.24, 2.45) is 4.99 Å². The molecule has 1 saturated heterocycles. The Labute approximate surface area is 134 Å². The van der Waals surface area contributed by atoms with Crippen LogP contribution in [0.15, 0.2) is 34.2 Å². The molecule has 0 radical (unpaired) electrons. The first-order valence-corrected chi connectivity index (χ1v) is 8.08. The zero-order valence-electron chi connectivity index (χ0n) is 12.7. The van der Waals surface area contributed by atoms with E-state index >= 15 is 0 Å². The van der Waals surface area contributed by atoms with E-state index in [0.717, 1.165) is 24.7 Å². The Hall–Kier alpha value is -1.79. The first-order valence-electron chi connectivity index (χ1n) is 7.26. The average molecular weight is 317 g/mol. The Morgan fingerprint density at radius 1 is 1.41 bits per heavy atom. The Morgan fingerprint density at radius 3 is 2.86 bits per heavy atom. The third-order valence-electron chi connectivity index (χ3n) is 4.00. The van der Waals surface area contributed by atoms with Gasteiger partial charge in [-0.1, -0.05) is 18.2 Å². The maximum Gasteiger partial charge on any atom is 0.286 e. The van der Waals surface area contributed by atoms with Crippen LogP contribution in [0, 0.1) is 0 Å². The molecule has 5 nitrogen and oxygen atoms in total. The smallest absolute Gasteiger partial charge is 0.286 e. The van der Waals surface area contributed by atoms with Crippen LogP contribution in [0.1, 0.15) is 12.0 Å². The molecule has 1 atom stereocenters. The second kappa shape index (κ2) is 6.14. The van der Waals surface area contributed by atoms with Crippen molar-refractivity contribution in [3.63, 3.8) is 0 Å². The van der Waals surface area contributed by atoms with E-state index in [1.165, 1.54) is 11.8 Å². The molecule has 0 aliphatic carbocycles. The molecule has 3 rings (SSSR count). The van der Waals surface area contributed by atoms with Gasteiger partial charge in [0, 0.05) is 24.7 Å². The first-order chi connectivity index (χ1) is 10.5. The maximum atomic E-state index is 12.1. The zero-order valence-corrected chi connectivity index (χ0v) is 13.5. The molecule has 1 aromatic carbocycles. The average Bonchev–Trinajstić information content (AvgIpc) is 3.09. The highest BCUT2D eigenvalue weighted by Crippen LogP contribution is 2.33. The van der Waals surface area contributed by atoms with Gasteiger partial charge in [0.15, 0.2) is 5.17 Å². The summed E-state index contributed by atoms with van der Waals surface area (Å²) in [4.78, 5) is 21.2. The number of benzene rings is 1. The van der Waals surface area contributed by atoms with Gasteiger partial charge in [0.25, 0.3) is 5.91 Å². The number of hydrogen-bond donors (Lipinski definition) is 1. The number of aromatic hydroxyl groups is 1. The lowest BCUT2D eigenvalue weighted by atomic mass is 10.2. The van der Waals surface area contributed by atoms with Crippen LogP contribution in [0.5, 0.6) is 5.75 Å². The van der Waals surface area contributed by atoms with Crippen molar-refractivity contribution >= 4 is 28.9 Å². The summed E-state index contributed by atoms with van der Waals surface area (Å²) in [5.74, 6) is -0.0535. The van der Waals surface area contributed by atoms with E-state index in [1.807, 2.05) is 6.07 Å². The lowest BCUT2D eigenvalue weighted by Gasteiger charge is -2.20. The van der Waals surface area contributed by atoms with Gasteiger partial charge < -0.3 is 14.9 Å². The minimum atomic E-state index is -0.225. The molecule has 0 aromatic heterocycles. The monoisotopic (exact) mass is 317 g/mol. The quantitative estimate of drug-likeness (QED) is 0.846. The van der Waals surface area contributed by atoms with Crippen LogP contribution in [0.2, 0.25) is 0 Å². The zero-order chi connectivity index (χ0) is 15.7. The van der Waals surface area contributed by atoms with Crippen LogP contribution in [0.25, 0.3) is 6.08 Å². The fraction of sp³-hybridized carbons (Fsp3) is 0.375. The standard InChI is InChI=1S/C16H19N3O2S/c1-18(2)12-7-8-19(10-12)16-17-15(21)14(22-16)9-11-5-3-4-6-13(11)20/h3-6,9,12,20H,7-8,10H2,1-2H3/b14-9-/t12-/m1/s1. The van der Waals surface area contributed by atoms with Crippen LogP contribution in [0.3, 0.4) is 0 Å². The van der Waals surface area contributed by atoms with Crippen molar-refractivity contribution < 1.29 is 9.90 Å². The molecule has 2 aliphatic heterocycles. The second-order valence-electron chi connectivity index (χ2n) is 5.72. The Bertz CT molecular complexity index is 655. The van der Waals surface area contributed by atoms with Gasteiger partial charge in [-0.25, -0.2) is 0 Å². The summed E-state index contributed by atoms with van der Waals surface area (Å²) in [7, 11) is 4.15. The highest BCUT2D eigenvalue weighted by atomic mass is 32.2. The van der Waals surface area contributed by atoms with Gasteiger partial charge in [0.05, 0.1) is 4.91 Å². The molecular weight excluding hydrogens is 298 g/mol. The SMILES string of the molecule is CN(C)[C@@H]1CCN(C2=NC(=O)/C(=C/c3ccccc3O)S2)C1. The third-order valence-corrected chi connectivity index (χ3v) is 5.04. The summed E-state index contributed by atoms with van der Waals surface area (Å²) in [6.07, 6.45) is 2.79. The van der Waals surface area contributed by atoms with Gasteiger partial charge in [-0.15, -0.1) is 0 Å². The molecule has 0 unspecified atom stereocenters. The summed E-state index contributed by atoms with van der Waals surface area (Å²) in [5.41, 5.74) is 0.641. The maximum absolute atomic E-state index is 12.1. The summed E-state index contributed by atoms with van der Waals surface area (Å²) in [6.45, 7) is 1.82. The van der Waals surface area contributed by atoms with E-state index in [4.69, 9.17) is 0 Å². The number of likely N-dealkylation sites (N-methyl/N-ethyl adjacent to an activating group) is 1. The van der Waals surface area contributed by atoms with Crippen molar-refractivity contribution in [1.29, 1.82) is 0 Å². The van der Waals surface area contributed by atoms with Crippen molar-refractivity contribution in [3.8, 4) is 5.75 Å². The predicted molar refractivity (Wildman–Crippen MR) is 89.8 cm³/mol. The normalized spacial score (nSPS) is 23.7. The lowest BCUT2D eigenvalue weighted by molar-refractivity contribution is -0.113. The van der Waals surface area contributed by atoms with Crippen LogP contribution >= 0.6 is 11.8 Å². The minimum absolute atomic E-state index is 0.172. The number of phenols is 1. The highest BCUT2D eigenvalue weighted by Gasteiger charge is 2.31. The van der Waals surface area contributed by atoms with E-state index in [2.05, 4.69) is 28.9 Å². The number of amidine groups is 1. The number of carbonyl (C=O) groups excluding carboxylic acids is 1. The van der Waals surface area contributed by atoms with E-state index in [0.29, 0.717) is 16.5 Å². The van der Waals surface area contributed by atoms with Gasteiger partial charge >= 0.3 is 0 Å². The van der Waals surface area contributed by atoms with E-state index in [-0.39, 0.29) is 11.7 Å². The van der Waals surface area contributed by atoms with Crippen molar-refractivity contribution in [2.75, 3.05) is 27.2 Å². The third kappa shape index (κ3) is 3.03. The molecular formula is C16H19N3O2S. The summed E-state index contributed by atoms with van der Waals surface area (Å²) >= 11 is 1.39. The van der Waals surface area contributed by atoms with Crippen LogP contribution < -0.4 is 0 Å². The summed E-state index contributed by atoms with van der Waals surface area (Å²) in [6, 6.07) is 7.49. The minimum Gasteiger partial charge on any atom is -0.507 e. The van der Waals surface area contributed by atoms with Crippen LogP contribution in [-0.2, 0) is 4.79 Å².